The second kappa shape index (κ2) is 2.69. The Labute approximate surface area is 75.0 Å². The second-order valence-electron chi connectivity index (χ2n) is 3.00. The average Bonchev–Trinajstić information content (AvgIpc) is 2.12. The molecule has 0 saturated heterocycles. The van der Waals surface area contributed by atoms with Gasteiger partial charge in [0.2, 0.25) is 0 Å². The Morgan fingerprint density at radius 2 is 2.38 bits per heavy atom. The third-order valence-corrected chi connectivity index (χ3v) is 2.09. The molecule has 0 amide bonds. The number of carbonyl (C=O) groups excluding carboxylic acids is 1. The molecule has 1 N–H and O–H groups in total. The van der Waals surface area contributed by atoms with Gasteiger partial charge in [-0.3, -0.25) is 4.79 Å². The molecule has 0 aromatic carbocycles. The van der Waals surface area contributed by atoms with Gasteiger partial charge >= 0.3 is 6.01 Å². The van der Waals surface area contributed by atoms with Crippen LogP contribution in [0.15, 0.2) is 6.20 Å². The number of Topliss-reactive ketones (excluding diaryl/α,β-unsaturated/α-hetero) is 1. The van der Waals surface area contributed by atoms with E-state index < -0.39 is 0 Å². The SMILES string of the molecule is CN1CCC(=O)c2cnc(O)nc21. The quantitative estimate of drug-likeness (QED) is 0.616. The highest BCUT2D eigenvalue weighted by Crippen LogP contribution is 2.23. The van der Waals surface area contributed by atoms with Crippen LogP contribution in [0, 0.1) is 0 Å². The first-order chi connectivity index (χ1) is 6.18. The van der Waals surface area contributed by atoms with E-state index in [0.717, 1.165) is 0 Å². The van der Waals surface area contributed by atoms with Gasteiger partial charge in [-0.05, 0) is 0 Å². The predicted molar refractivity (Wildman–Crippen MR) is 45.9 cm³/mol. The predicted octanol–water partition coefficient (Wildman–Crippen LogP) is 0.205. The molecule has 0 unspecified atom stereocenters. The van der Waals surface area contributed by atoms with E-state index >= 15 is 0 Å². The molecule has 0 fully saturated rings. The first kappa shape index (κ1) is 7.97. The van der Waals surface area contributed by atoms with Gasteiger partial charge in [-0.1, -0.05) is 0 Å². The minimum Gasteiger partial charge on any atom is -0.479 e. The van der Waals surface area contributed by atoms with Gasteiger partial charge in [-0.2, -0.15) is 4.98 Å². The Balaban J connectivity index is 2.57. The van der Waals surface area contributed by atoms with Crippen LogP contribution in [0.4, 0.5) is 5.82 Å². The molecule has 5 nitrogen and oxygen atoms in total. The molecule has 0 spiro atoms. The lowest BCUT2D eigenvalue weighted by molar-refractivity contribution is 0.0979. The van der Waals surface area contributed by atoms with Crippen molar-refractivity contribution in [2.24, 2.45) is 0 Å². The van der Waals surface area contributed by atoms with Crippen molar-refractivity contribution < 1.29 is 9.90 Å². The lowest BCUT2D eigenvalue weighted by Gasteiger charge is -2.24. The van der Waals surface area contributed by atoms with Gasteiger partial charge < -0.3 is 10.0 Å². The first-order valence-corrected chi connectivity index (χ1v) is 3.99. The van der Waals surface area contributed by atoms with Gasteiger partial charge in [0.25, 0.3) is 0 Å². The minimum atomic E-state index is -0.291. The van der Waals surface area contributed by atoms with Gasteiger partial charge in [-0.15, -0.1) is 0 Å². The van der Waals surface area contributed by atoms with Crippen molar-refractivity contribution in [1.82, 2.24) is 9.97 Å². The van der Waals surface area contributed by atoms with Crippen molar-refractivity contribution in [3.63, 3.8) is 0 Å². The summed E-state index contributed by atoms with van der Waals surface area (Å²) in [6.07, 6.45) is 1.85. The molecule has 1 aliphatic rings. The Morgan fingerprint density at radius 3 is 3.15 bits per heavy atom. The van der Waals surface area contributed by atoms with E-state index in [2.05, 4.69) is 9.97 Å². The third-order valence-electron chi connectivity index (χ3n) is 2.09. The van der Waals surface area contributed by atoms with E-state index in [9.17, 15) is 4.79 Å². The lowest BCUT2D eigenvalue weighted by Crippen LogP contribution is -2.29. The Morgan fingerprint density at radius 1 is 1.62 bits per heavy atom. The standard InChI is InChI=1S/C8H9N3O2/c1-11-3-2-6(12)5-4-9-8(13)10-7(5)11/h4H,2-3H2,1H3,(H,9,10,13). The highest BCUT2D eigenvalue weighted by Gasteiger charge is 2.22. The van der Waals surface area contributed by atoms with Crippen molar-refractivity contribution in [2.75, 3.05) is 18.5 Å². The Bertz CT molecular complexity index is 364. The van der Waals surface area contributed by atoms with Crippen molar-refractivity contribution in [3.8, 4) is 6.01 Å². The molecule has 13 heavy (non-hydrogen) atoms. The summed E-state index contributed by atoms with van der Waals surface area (Å²) < 4.78 is 0. The van der Waals surface area contributed by atoms with Crippen LogP contribution in [-0.2, 0) is 0 Å². The van der Waals surface area contributed by atoms with Crippen molar-refractivity contribution in [3.05, 3.63) is 11.8 Å². The largest absolute Gasteiger partial charge is 0.479 e. The molecular formula is C8H9N3O2. The number of carbonyl (C=O) groups is 1. The molecule has 0 bridgehead atoms. The van der Waals surface area contributed by atoms with Crippen LogP contribution < -0.4 is 4.90 Å². The maximum atomic E-state index is 11.4. The van der Waals surface area contributed by atoms with E-state index in [4.69, 9.17) is 5.11 Å². The smallest absolute Gasteiger partial charge is 0.315 e. The van der Waals surface area contributed by atoms with Gasteiger partial charge in [0, 0.05) is 26.2 Å². The van der Waals surface area contributed by atoms with E-state index in [1.54, 1.807) is 0 Å². The van der Waals surface area contributed by atoms with Crippen LogP contribution in [0.2, 0.25) is 0 Å². The van der Waals surface area contributed by atoms with Gasteiger partial charge in [0.05, 0.1) is 5.56 Å². The first-order valence-electron chi connectivity index (χ1n) is 3.99. The molecule has 0 atom stereocenters. The highest BCUT2D eigenvalue weighted by atomic mass is 16.3. The number of nitrogens with zero attached hydrogens (tertiary/aromatic N) is 3. The fourth-order valence-corrected chi connectivity index (χ4v) is 1.36. The van der Waals surface area contributed by atoms with Gasteiger partial charge in [0.1, 0.15) is 5.82 Å². The van der Waals surface area contributed by atoms with Crippen molar-refractivity contribution in [2.45, 2.75) is 6.42 Å². The summed E-state index contributed by atoms with van der Waals surface area (Å²) in [5.41, 5.74) is 0.492. The zero-order valence-corrected chi connectivity index (χ0v) is 7.19. The van der Waals surface area contributed by atoms with Gasteiger partial charge in [-0.25, -0.2) is 4.98 Å². The number of fused-ring (bicyclic) bond motifs is 1. The highest BCUT2D eigenvalue weighted by molar-refractivity contribution is 6.02. The number of rotatable bonds is 0. The maximum absolute atomic E-state index is 11.4. The molecule has 1 aromatic heterocycles. The number of hydrogen-bond acceptors (Lipinski definition) is 5. The molecule has 0 aliphatic carbocycles. The fraction of sp³-hybridized carbons (Fsp3) is 0.375. The maximum Gasteiger partial charge on any atom is 0.315 e. The third kappa shape index (κ3) is 1.22. The topological polar surface area (TPSA) is 66.3 Å². The van der Waals surface area contributed by atoms with Crippen molar-refractivity contribution in [1.29, 1.82) is 0 Å². The lowest BCUT2D eigenvalue weighted by atomic mass is 10.1. The normalized spacial score (nSPS) is 15.8. The summed E-state index contributed by atoms with van der Waals surface area (Å²) in [6.45, 7) is 0.641. The summed E-state index contributed by atoms with van der Waals surface area (Å²) in [6, 6.07) is -0.291. The number of anilines is 1. The number of hydrogen-bond donors (Lipinski definition) is 1. The molecule has 0 radical (unpaired) electrons. The van der Waals surface area contributed by atoms with Crippen LogP contribution in [0.1, 0.15) is 16.8 Å². The monoisotopic (exact) mass is 179 g/mol. The molecule has 1 aromatic rings. The van der Waals surface area contributed by atoms with E-state index in [1.165, 1.54) is 6.20 Å². The Kier molecular flexibility index (Phi) is 1.65. The zero-order chi connectivity index (χ0) is 9.42. The molecule has 2 heterocycles. The number of ketones is 1. The molecule has 68 valence electrons. The molecular weight excluding hydrogens is 170 g/mol. The van der Waals surface area contributed by atoms with E-state index in [0.29, 0.717) is 24.3 Å². The minimum absolute atomic E-state index is 0.0353. The van der Waals surface area contributed by atoms with E-state index in [1.807, 2.05) is 11.9 Å². The number of aromatic hydroxyl groups is 1. The average molecular weight is 179 g/mol. The molecule has 0 saturated carbocycles. The van der Waals surface area contributed by atoms with Crippen LogP contribution in [-0.4, -0.2) is 34.5 Å². The summed E-state index contributed by atoms with van der Waals surface area (Å²) in [4.78, 5) is 20.6. The summed E-state index contributed by atoms with van der Waals surface area (Å²) in [5, 5.41) is 9.03. The van der Waals surface area contributed by atoms with Crippen LogP contribution in [0.3, 0.4) is 0 Å². The summed E-state index contributed by atoms with van der Waals surface area (Å²) in [7, 11) is 1.83. The van der Waals surface area contributed by atoms with Crippen LogP contribution >= 0.6 is 0 Å². The second-order valence-corrected chi connectivity index (χ2v) is 3.00. The molecule has 2 rings (SSSR count). The van der Waals surface area contributed by atoms with Crippen LogP contribution in [0.5, 0.6) is 6.01 Å². The molecule has 1 aliphatic heterocycles. The number of aromatic nitrogens is 2. The Hall–Kier alpha value is -1.65. The van der Waals surface area contributed by atoms with Crippen molar-refractivity contribution >= 4 is 11.6 Å². The molecule has 5 heteroatoms. The summed E-state index contributed by atoms with van der Waals surface area (Å²) in [5.74, 6) is 0.553. The van der Waals surface area contributed by atoms with Crippen LogP contribution in [0.25, 0.3) is 0 Å². The fourth-order valence-electron chi connectivity index (χ4n) is 1.36. The van der Waals surface area contributed by atoms with Gasteiger partial charge in [0.15, 0.2) is 5.78 Å². The van der Waals surface area contributed by atoms with E-state index in [-0.39, 0.29) is 11.8 Å². The zero-order valence-electron chi connectivity index (χ0n) is 7.19. The summed E-state index contributed by atoms with van der Waals surface area (Å²) >= 11 is 0.